The number of methoxy groups -OCH3 is 1. The van der Waals surface area contributed by atoms with Gasteiger partial charge in [0.05, 0.1) is 6.10 Å². The van der Waals surface area contributed by atoms with Crippen molar-refractivity contribution in [3.05, 3.63) is 24.0 Å². The maximum absolute atomic E-state index is 10.9. The van der Waals surface area contributed by atoms with Crippen LogP contribution in [-0.4, -0.2) is 30.1 Å². The third-order valence-electron chi connectivity index (χ3n) is 2.81. The monoisotopic (exact) mass is 221 g/mol. The minimum atomic E-state index is -0.507. The summed E-state index contributed by atoms with van der Waals surface area (Å²) < 4.78 is 5.19. The van der Waals surface area contributed by atoms with Gasteiger partial charge in [-0.1, -0.05) is 0 Å². The highest BCUT2D eigenvalue weighted by Crippen LogP contribution is 2.26. The Morgan fingerprint density at radius 2 is 2.38 bits per heavy atom. The van der Waals surface area contributed by atoms with Crippen molar-refractivity contribution in [1.82, 2.24) is 4.98 Å². The number of aromatic nitrogens is 1. The summed E-state index contributed by atoms with van der Waals surface area (Å²) in [7, 11) is 1.72. The van der Waals surface area contributed by atoms with Gasteiger partial charge in [0.15, 0.2) is 0 Å². The Labute approximate surface area is 94.0 Å². The van der Waals surface area contributed by atoms with Crippen LogP contribution in [0.4, 0.5) is 5.69 Å². The van der Waals surface area contributed by atoms with E-state index in [0.29, 0.717) is 12.1 Å². The number of hydrogen-bond donors (Lipinski definition) is 2. The smallest absolute Gasteiger partial charge is 0.267 e. The number of ether oxygens (including phenoxy) is 1. The van der Waals surface area contributed by atoms with Crippen molar-refractivity contribution >= 4 is 11.6 Å². The number of nitrogens with zero attached hydrogens (tertiary/aromatic N) is 1. The molecule has 5 heteroatoms. The molecule has 1 aliphatic carbocycles. The Morgan fingerprint density at radius 1 is 1.62 bits per heavy atom. The fourth-order valence-electron chi connectivity index (χ4n) is 1.77. The average Bonchev–Trinajstić information content (AvgIpc) is 2.23. The van der Waals surface area contributed by atoms with Crippen LogP contribution in [0, 0.1) is 0 Å². The molecule has 1 aromatic rings. The molecular formula is C11H15N3O2. The molecule has 3 N–H and O–H groups in total. The lowest BCUT2D eigenvalue weighted by atomic mass is 9.89. The van der Waals surface area contributed by atoms with Gasteiger partial charge >= 0.3 is 0 Å². The summed E-state index contributed by atoms with van der Waals surface area (Å²) in [6.45, 7) is 0. The van der Waals surface area contributed by atoms with E-state index in [0.717, 1.165) is 18.5 Å². The quantitative estimate of drug-likeness (QED) is 0.787. The highest BCUT2D eigenvalue weighted by molar-refractivity contribution is 5.91. The first-order valence-corrected chi connectivity index (χ1v) is 5.24. The highest BCUT2D eigenvalue weighted by atomic mass is 16.5. The normalized spacial score (nSPS) is 23.6. The van der Waals surface area contributed by atoms with Crippen molar-refractivity contribution < 1.29 is 9.53 Å². The summed E-state index contributed by atoms with van der Waals surface area (Å²) in [6.07, 6.45) is 3.92. The van der Waals surface area contributed by atoms with E-state index in [1.165, 1.54) is 0 Å². The fraction of sp³-hybridized carbons (Fsp3) is 0.455. The molecule has 1 fully saturated rings. The predicted molar refractivity (Wildman–Crippen MR) is 60.2 cm³/mol. The summed E-state index contributed by atoms with van der Waals surface area (Å²) in [5.74, 6) is -0.507. The van der Waals surface area contributed by atoms with E-state index in [-0.39, 0.29) is 5.69 Å². The maximum Gasteiger partial charge on any atom is 0.267 e. The number of hydrogen-bond acceptors (Lipinski definition) is 4. The van der Waals surface area contributed by atoms with Crippen LogP contribution in [0.2, 0.25) is 0 Å². The number of primary amides is 1. The number of carbonyl (C=O) groups excluding carboxylic acids is 1. The Kier molecular flexibility index (Phi) is 3.05. The van der Waals surface area contributed by atoms with Crippen molar-refractivity contribution in [1.29, 1.82) is 0 Å². The zero-order valence-electron chi connectivity index (χ0n) is 9.14. The van der Waals surface area contributed by atoms with Crippen molar-refractivity contribution in [2.45, 2.75) is 25.0 Å². The Balaban J connectivity index is 1.95. The van der Waals surface area contributed by atoms with Gasteiger partial charge in [0.1, 0.15) is 5.69 Å². The van der Waals surface area contributed by atoms with Gasteiger partial charge in [0.25, 0.3) is 5.91 Å². The molecule has 0 aromatic carbocycles. The van der Waals surface area contributed by atoms with Crippen molar-refractivity contribution in [2.24, 2.45) is 5.73 Å². The Hall–Kier alpha value is -1.62. The molecule has 1 aromatic heterocycles. The first kappa shape index (κ1) is 10.9. The van der Waals surface area contributed by atoms with Gasteiger partial charge in [0.2, 0.25) is 0 Å². The van der Waals surface area contributed by atoms with Gasteiger partial charge in [0, 0.05) is 25.0 Å². The molecule has 0 saturated heterocycles. The molecule has 2 rings (SSSR count). The molecule has 1 aliphatic rings. The molecule has 0 spiro atoms. The number of pyridine rings is 1. The lowest BCUT2D eigenvalue weighted by Crippen LogP contribution is -2.40. The van der Waals surface area contributed by atoms with Crippen LogP contribution in [0.5, 0.6) is 0 Å². The number of nitrogens with two attached hydrogens (primary N) is 1. The first-order valence-electron chi connectivity index (χ1n) is 5.24. The SMILES string of the molecule is COC1CC(Nc2ccnc(C(N)=O)c2)C1. The van der Waals surface area contributed by atoms with Crippen LogP contribution in [0.15, 0.2) is 18.3 Å². The van der Waals surface area contributed by atoms with Crippen LogP contribution < -0.4 is 11.1 Å². The first-order chi connectivity index (χ1) is 7.69. The lowest BCUT2D eigenvalue weighted by Gasteiger charge is -2.35. The van der Waals surface area contributed by atoms with Gasteiger partial charge in [-0.25, -0.2) is 0 Å². The summed E-state index contributed by atoms with van der Waals surface area (Å²) in [5, 5.41) is 3.31. The van der Waals surface area contributed by atoms with Crippen molar-refractivity contribution in [3.63, 3.8) is 0 Å². The molecule has 86 valence electrons. The Bertz CT molecular complexity index is 389. The lowest BCUT2D eigenvalue weighted by molar-refractivity contribution is 0.0328. The second-order valence-electron chi connectivity index (χ2n) is 3.96. The third kappa shape index (κ3) is 2.30. The molecule has 5 nitrogen and oxygen atoms in total. The van der Waals surface area contributed by atoms with Gasteiger partial charge in [-0.3, -0.25) is 9.78 Å². The van der Waals surface area contributed by atoms with Gasteiger partial charge < -0.3 is 15.8 Å². The number of rotatable bonds is 4. The molecule has 0 unspecified atom stereocenters. The van der Waals surface area contributed by atoms with Crippen LogP contribution in [0.1, 0.15) is 23.3 Å². The van der Waals surface area contributed by atoms with E-state index in [2.05, 4.69) is 10.3 Å². The zero-order chi connectivity index (χ0) is 11.5. The second kappa shape index (κ2) is 4.49. The summed E-state index contributed by atoms with van der Waals surface area (Å²) in [5.41, 5.74) is 6.32. The van der Waals surface area contributed by atoms with Crippen LogP contribution in [-0.2, 0) is 4.74 Å². The molecule has 0 bridgehead atoms. The fourth-order valence-corrected chi connectivity index (χ4v) is 1.77. The molecule has 0 radical (unpaired) electrons. The molecule has 0 aliphatic heterocycles. The van der Waals surface area contributed by atoms with E-state index in [9.17, 15) is 4.79 Å². The predicted octanol–water partition coefficient (Wildman–Crippen LogP) is 0.770. The standard InChI is InChI=1S/C11H15N3O2/c1-16-9-4-8(5-9)14-7-2-3-13-10(6-7)11(12)15/h2-3,6,8-9H,4-5H2,1H3,(H2,12,15)(H,13,14). The van der Waals surface area contributed by atoms with E-state index in [1.54, 1.807) is 19.4 Å². The molecule has 1 amide bonds. The molecule has 1 saturated carbocycles. The minimum Gasteiger partial charge on any atom is -0.382 e. The Morgan fingerprint density at radius 3 is 3.00 bits per heavy atom. The van der Waals surface area contributed by atoms with Gasteiger partial charge in [-0.2, -0.15) is 0 Å². The van der Waals surface area contributed by atoms with E-state index in [1.807, 2.05) is 6.07 Å². The van der Waals surface area contributed by atoms with Crippen LogP contribution in [0.3, 0.4) is 0 Å². The zero-order valence-corrected chi connectivity index (χ0v) is 9.14. The summed E-state index contributed by atoms with van der Waals surface area (Å²) in [6, 6.07) is 3.91. The second-order valence-corrected chi connectivity index (χ2v) is 3.96. The number of amides is 1. The summed E-state index contributed by atoms with van der Waals surface area (Å²) >= 11 is 0. The van der Waals surface area contributed by atoms with Crippen molar-refractivity contribution in [3.8, 4) is 0 Å². The van der Waals surface area contributed by atoms with E-state index >= 15 is 0 Å². The maximum atomic E-state index is 10.9. The number of carbonyl (C=O) groups is 1. The molecular weight excluding hydrogens is 206 g/mol. The van der Waals surface area contributed by atoms with Gasteiger partial charge in [-0.15, -0.1) is 0 Å². The third-order valence-corrected chi connectivity index (χ3v) is 2.81. The molecule has 16 heavy (non-hydrogen) atoms. The van der Waals surface area contributed by atoms with E-state index < -0.39 is 5.91 Å². The average molecular weight is 221 g/mol. The number of anilines is 1. The van der Waals surface area contributed by atoms with Crippen LogP contribution in [0.25, 0.3) is 0 Å². The van der Waals surface area contributed by atoms with Crippen LogP contribution >= 0.6 is 0 Å². The van der Waals surface area contributed by atoms with Gasteiger partial charge in [-0.05, 0) is 25.0 Å². The molecule has 1 heterocycles. The molecule has 0 atom stereocenters. The van der Waals surface area contributed by atoms with E-state index in [4.69, 9.17) is 10.5 Å². The summed E-state index contributed by atoms with van der Waals surface area (Å²) in [4.78, 5) is 14.8. The topological polar surface area (TPSA) is 77.2 Å². The minimum absolute atomic E-state index is 0.285. The largest absolute Gasteiger partial charge is 0.382 e. The highest BCUT2D eigenvalue weighted by Gasteiger charge is 2.28. The van der Waals surface area contributed by atoms with Crippen molar-refractivity contribution in [2.75, 3.05) is 12.4 Å². The number of nitrogens with one attached hydrogen (secondary N) is 1.